The number of anilines is 1. The molecule has 2 N–H and O–H groups in total. The molecule has 1 rings (SSSR count). The molecule has 0 aliphatic carbocycles. The summed E-state index contributed by atoms with van der Waals surface area (Å²) >= 11 is 0. The largest absolute Gasteiger partial charge is 0.396 e. The molecule has 0 heterocycles. The van der Waals surface area contributed by atoms with Crippen molar-refractivity contribution in [3.8, 4) is 0 Å². The van der Waals surface area contributed by atoms with Crippen LogP contribution in [0.3, 0.4) is 0 Å². The average Bonchev–Trinajstić information content (AvgIpc) is 2.06. The average molecular weight is 165 g/mol. The Hall–Kier alpha value is -1.02. The van der Waals surface area contributed by atoms with Crippen LogP contribution in [0.2, 0.25) is 0 Å². The highest BCUT2D eigenvalue weighted by atomic mass is 16.3. The van der Waals surface area contributed by atoms with Crippen molar-refractivity contribution in [2.24, 2.45) is 0 Å². The van der Waals surface area contributed by atoms with Gasteiger partial charge < -0.3 is 10.4 Å². The number of nitrogens with one attached hydrogen (secondary N) is 1. The van der Waals surface area contributed by atoms with E-state index in [0.29, 0.717) is 6.04 Å². The molecule has 0 spiro atoms. The Morgan fingerprint density at radius 2 is 2.00 bits per heavy atom. The zero-order chi connectivity index (χ0) is 8.81. The monoisotopic (exact) mass is 165 g/mol. The molecule has 2 heteroatoms. The van der Waals surface area contributed by atoms with Gasteiger partial charge in [0.25, 0.3) is 0 Å². The summed E-state index contributed by atoms with van der Waals surface area (Å²) in [5, 5.41) is 12.0. The number of rotatable bonds is 4. The van der Waals surface area contributed by atoms with E-state index in [4.69, 9.17) is 5.11 Å². The second kappa shape index (κ2) is 4.78. The minimum atomic E-state index is 0.237. The highest BCUT2D eigenvalue weighted by molar-refractivity contribution is 5.43. The van der Waals surface area contributed by atoms with Crippen LogP contribution in [-0.4, -0.2) is 17.8 Å². The van der Waals surface area contributed by atoms with Gasteiger partial charge in [0.2, 0.25) is 0 Å². The molecule has 1 aromatic rings. The van der Waals surface area contributed by atoms with Crippen molar-refractivity contribution in [2.45, 2.75) is 19.4 Å². The fourth-order valence-corrected chi connectivity index (χ4v) is 1.08. The molecule has 0 unspecified atom stereocenters. The van der Waals surface area contributed by atoms with Gasteiger partial charge in [-0.1, -0.05) is 18.2 Å². The number of para-hydroxylation sites is 1. The molecule has 1 aromatic carbocycles. The summed E-state index contributed by atoms with van der Waals surface area (Å²) in [6.45, 7) is 2.30. The minimum absolute atomic E-state index is 0.237. The quantitative estimate of drug-likeness (QED) is 0.713. The van der Waals surface area contributed by atoms with E-state index in [1.54, 1.807) is 0 Å². The molecule has 1 atom stereocenters. The Labute approximate surface area is 73.2 Å². The van der Waals surface area contributed by atoms with Gasteiger partial charge in [-0.05, 0) is 25.5 Å². The van der Waals surface area contributed by atoms with E-state index in [-0.39, 0.29) is 6.61 Å². The van der Waals surface area contributed by atoms with Gasteiger partial charge in [-0.25, -0.2) is 0 Å². The zero-order valence-corrected chi connectivity index (χ0v) is 7.33. The van der Waals surface area contributed by atoms with Crippen molar-refractivity contribution in [3.63, 3.8) is 0 Å². The van der Waals surface area contributed by atoms with E-state index in [0.717, 1.165) is 12.1 Å². The van der Waals surface area contributed by atoms with Crippen LogP contribution < -0.4 is 5.32 Å². The maximum atomic E-state index is 8.67. The van der Waals surface area contributed by atoms with E-state index in [1.165, 1.54) is 0 Å². The lowest BCUT2D eigenvalue weighted by atomic mass is 10.2. The number of aliphatic hydroxyl groups excluding tert-OH is 1. The molecule has 0 fully saturated rings. The van der Waals surface area contributed by atoms with Crippen molar-refractivity contribution < 1.29 is 5.11 Å². The van der Waals surface area contributed by atoms with Gasteiger partial charge in [0.1, 0.15) is 0 Å². The molecule has 0 radical (unpaired) electrons. The molecule has 0 aliphatic rings. The fraction of sp³-hybridized carbons (Fsp3) is 0.400. The first-order valence-corrected chi connectivity index (χ1v) is 4.25. The van der Waals surface area contributed by atoms with E-state index < -0.39 is 0 Å². The van der Waals surface area contributed by atoms with Crippen LogP contribution in [0.25, 0.3) is 0 Å². The summed E-state index contributed by atoms with van der Waals surface area (Å²) in [5.41, 5.74) is 1.11. The Morgan fingerprint density at radius 1 is 1.33 bits per heavy atom. The smallest absolute Gasteiger partial charge is 0.0450 e. The first-order chi connectivity index (χ1) is 5.83. The van der Waals surface area contributed by atoms with Crippen molar-refractivity contribution >= 4 is 5.69 Å². The summed E-state index contributed by atoms with van der Waals surface area (Å²) in [6.07, 6.45) is 0.787. The predicted octanol–water partition coefficient (Wildman–Crippen LogP) is 1.87. The molecule has 0 saturated carbocycles. The van der Waals surface area contributed by atoms with Crippen LogP contribution in [0.5, 0.6) is 0 Å². The summed E-state index contributed by atoms with van der Waals surface area (Å²) in [6, 6.07) is 10.4. The van der Waals surface area contributed by atoms with E-state index in [2.05, 4.69) is 12.2 Å². The standard InChI is InChI=1S/C10H15NO/c1-9(7-8-12)11-10-5-3-2-4-6-10/h2-6,9,11-12H,7-8H2,1H3/t9-/m1/s1. The van der Waals surface area contributed by atoms with Gasteiger partial charge in [0.15, 0.2) is 0 Å². The van der Waals surface area contributed by atoms with Crippen LogP contribution in [0.4, 0.5) is 5.69 Å². The maximum Gasteiger partial charge on any atom is 0.0450 e. The van der Waals surface area contributed by atoms with Crippen molar-refractivity contribution in [1.29, 1.82) is 0 Å². The number of hydrogen-bond acceptors (Lipinski definition) is 2. The minimum Gasteiger partial charge on any atom is -0.396 e. The van der Waals surface area contributed by atoms with Crippen molar-refractivity contribution in [2.75, 3.05) is 11.9 Å². The second-order valence-electron chi connectivity index (χ2n) is 2.92. The molecule has 12 heavy (non-hydrogen) atoms. The molecular weight excluding hydrogens is 150 g/mol. The lowest BCUT2D eigenvalue weighted by Gasteiger charge is -2.13. The molecule has 0 amide bonds. The van der Waals surface area contributed by atoms with Gasteiger partial charge in [0.05, 0.1) is 0 Å². The zero-order valence-electron chi connectivity index (χ0n) is 7.33. The molecular formula is C10H15NO. The molecule has 0 aliphatic heterocycles. The highest BCUT2D eigenvalue weighted by Gasteiger charge is 1.98. The third-order valence-electron chi connectivity index (χ3n) is 1.75. The van der Waals surface area contributed by atoms with Gasteiger partial charge >= 0.3 is 0 Å². The summed E-state index contributed by atoms with van der Waals surface area (Å²) < 4.78 is 0. The van der Waals surface area contributed by atoms with Gasteiger partial charge in [-0.15, -0.1) is 0 Å². The van der Waals surface area contributed by atoms with E-state index >= 15 is 0 Å². The van der Waals surface area contributed by atoms with Crippen molar-refractivity contribution in [3.05, 3.63) is 30.3 Å². The summed E-state index contributed by atoms with van der Waals surface area (Å²) in [5.74, 6) is 0. The third-order valence-corrected chi connectivity index (χ3v) is 1.75. The van der Waals surface area contributed by atoms with Crippen LogP contribution in [-0.2, 0) is 0 Å². The Kier molecular flexibility index (Phi) is 3.61. The van der Waals surface area contributed by atoms with E-state index in [1.807, 2.05) is 30.3 Å². The molecule has 0 saturated heterocycles. The Balaban J connectivity index is 2.41. The van der Waals surface area contributed by atoms with Gasteiger partial charge in [0, 0.05) is 18.3 Å². The van der Waals surface area contributed by atoms with Crippen LogP contribution in [0, 0.1) is 0 Å². The van der Waals surface area contributed by atoms with E-state index in [9.17, 15) is 0 Å². The predicted molar refractivity (Wildman–Crippen MR) is 51.2 cm³/mol. The van der Waals surface area contributed by atoms with Gasteiger partial charge in [-0.2, -0.15) is 0 Å². The molecule has 0 aromatic heterocycles. The lowest BCUT2D eigenvalue weighted by molar-refractivity contribution is 0.282. The first kappa shape index (κ1) is 9.07. The molecule has 66 valence electrons. The third kappa shape index (κ3) is 2.93. The number of aliphatic hydroxyl groups is 1. The Bertz CT molecular complexity index is 210. The summed E-state index contributed by atoms with van der Waals surface area (Å²) in [4.78, 5) is 0. The SMILES string of the molecule is C[C@H](CCO)Nc1ccccc1. The summed E-state index contributed by atoms with van der Waals surface area (Å²) in [7, 11) is 0. The molecule has 0 bridgehead atoms. The lowest BCUT2D eigenvalue weighted by Crippen LogP contribution is -2.16. The van der Waals surface area contributed by atoms with Crippen LogP contribution in [0.1, 0.15) is 13.3 Å². The molecule has 2 nitrogen and oxygen atoms in total. The maximum absolute atomic E-state index is 8.67. The number of hydrogen-bond donors (Lipinski definition) is 2. The second-order valence-corrected chi connectivity index (χ2v) is 2.92. The fourth-order valence-electron chi connectivity index (χ4n) is 1.08. The van der Waals surface area contributed by atoms with Gasteiger partial charge in [-0.3, -0.25) is 0 Å². The number of benzene rings is 1. The Morgan fingerprint density at radius 3 is 2.58 bits per heavy atom. The van der Waals surface area contributed by atoms with Crippen LogP contribution >= 0.6 is 0 Å². The van der Waals surface area contributed by atoms with Crippen molar-refractivity contribution in [1.82, 2.24) is 0 Å². The normalized spacial score (nSPS) is 12.5. The van der Waals surface area contributed by atoms with Crippen LogP contribution in [0.15, 0.2) is 30.3 Å². The first-order valence-electron chi connectivity index (χ1n) is 4.25. The topological polar surface area (TPSA) is 32.3 Å². The highest BCUT2D eigenvalue weighted by Crippen LogP contribution is 2.07.